The monoisotopic (exact) mass is 260 g/mol. The van der Waals surface area contributed by atoms with E-state index < -0.39 is 11.5 Å². The first-order valence-corrected chi connectivity index (χ1v) is 6.29. The average Bonchev–Trinajstić information content (AvgIpc) is 2.38. The quantitative estimate of drug-likeness (QED) is 0.554. The molecular weight excluding hydrogens is 236 g/mol. The summed E-state index contributed by atoms with van der Waals surface area (Å²) in [5.41, 5.74) is -0.465. The highest BCUT2D eigenvalue weighted by Crippen LogP contribution is 2.29. The van der Waals surface area contributed by atoms with Crippen molar-refractivity contribution in [1.29, 1.82) is 0 Å². The van der Waals surface area contributed by atoms with Crippen LogP contribution in [0, 0.1) is 5.41 Å². The van der Waals surface area contributed by atoms with Gasteiger partial charge in [-0.1, -0.05) is 0 Å². The first-order valence-electron chi connectivity index (χ1n) is 6.29. The number of ether oxygens (including phenoxy) is 2. The Balaban J connectivity index is 2.49. The van der Waals surface area contributed by atoms with Crippen LogP contribution in [0.25, 0.3) is 0 Å². The number of piperidine rings is 1. The lowest BCUT2D eigenvalue weighted by atomic mass is 9.78. The van der Waals surface area contributed by atoms with Crippen molar-refractivity contribution in [3.8, 4) is 0 Å². The predicted molar refractivity (Wildman–Crippen MR) is 67.3 cm³/mol. The molecule has 0 spiro atoms. The molecule has 1 aliphatic rings. The zero-order chi connectivity index (χ0) is 13.4. The number of hydrogen-bond acceptors (Lipinski definition) is 5. The van der Waals surface area contributed by atoms with Crippen molar-refractivity contribution in [3.05, 3.63) is 0 Å². The fourth-order valence-corrected chi connectivity index (χ4v) is 2.27. The van der Waals surface area contributed by atoms with Gasteiger partial charge in [-0.2, -0.15) is 0 Å². The molecule has 1 amide bonds. The maximum Gasteiger partial charge on any atom is 0.228 e. The van der Waals surface area contributed by atoms with Crippen LogP contribution in [-0.2, 0) is 14.3 Å². The second-order valence-electron chi connectivity index (χ2n) is 4.78. The Morgan fingerprint density at radius 3 is 2.61 bits per heavy atom. The summed E-state index contributed by atoms with van der Waals surface area (Å²) in [5, 5.41) is 15.5. The Hall–Kier alpha value is -0.690. The smallest absolute Gasteiger partial charge is 0.228 e. The molecule has 1 fully saturated rings. The summed E-state index contributed by atoms with van der Waals surface area (Å²) < 4.78 is 10.0. The highest BCUT2D eigenvalue weighted by Gasteiger charge is 2.39. The Morgan fingerprint density at radius 1 is 1.39 bits per heavy atom. The number of hydrogen-bond donors (Lipinski definition) is 3. The molecule has 0 aromatic rings. The van der Waals surface area contributed by atoms with Crippen molar-refractivity contribution in [1.82, 2.24) is 10.6 Å². The molecule has 106 valence electrons. The minimum absolute atomic E-state index is 0.0407. The summed E-state index contributed by atoms with van der Waals surface area (Å²) in [6.07, 6.45) is 0.848. The summed E-state index contributed by atoms with van der Waals surface area (Å²) in [6, 6.07) is 0. The first kappa shape index (κ1) is 15.4. The van der Waals surface area contributed by atoms with E-state index in [0.717, 1.165) is 25.9 Å². The van der Waals surface area contributed by atoms with Gasteiger partial charge in [-0.05, 0) is 25.9 Å². The molecule has 3 N–H and O–H groups in total. The van der Waals surface area contributed by atoms with Gasteiger partial charge in [0.1, 0.15) is 0 Å². The zero-order valence-corrected chi connectivity index (χ0v) is 11.2. The minimum Gasteiger partial charge on any atom is -0.389 e. The molecule has 1 rings (SSSR count). The second-order valence-corrected chi connectivity index (χ2v) is 4.78. The summed E-state index contributed by atoms with van der Waals surface area (Å²) in [4.78, 5) is 12.2. The highest BCUT2D eigenvalue weighted by atomic mass is 16.5. The van der Waals surface area contributed by atoms with Gasteiger partial charge in [0, 0.05) is 20.8 Å². The molecule has 0 bridgehead atoms. The van der Waals surface area contributed by atoms with Crippen LogP contribution >= 0.6 is 0 Å². The van der Waals surface area contributed by atoms with Gasteiger partial charge < -0.3 is 25.2 Å². The normalized spacial score (nSPS) is 20.4. The van der Waals surface area contributed by atoms with Crippen LogP contribution in [0.4, 0.5) is 0 Å². The lowest BCUT2D eigenvalue weighted by Gasteiger charge is -2.35. The summed E-state index contributed by atoms with van der Waals surface area (Å²) in [6.45, 7) is 2.49. The van der Waals surface area contributed by atoms with E-state index in [2.05, 4.69) is 10.6 Å². The van der Waals surface area contributed by atoms with E-state index in [9.17, 15) is 9.90 Å². The molecule has 6 heteroatoms. The molecule has 18 heavy (non-hydrogen) atoms. The lowest BCUT2D eigenvalue weighted by Crippen LogP contribution is -2.51. The zero-order valence-electron chi connectivity index (χ0n) is 11.2. The van der Waals surface area contributed by atoms with E-state index in [4.69, 9.17) is 9.47 Å². The average molecular weight is 260 g/mol. The number of amides is 1. The van der Waals surface area contributed by atoms with E-state index in [1.807, 2.05) is 0 Å². The van der Waals surface area contributed by atoms with Gasteiger partial charge in [0.05, 0.1) is 24.7 Å². The third kappa shape index (κ3) is 4.20. The number of aliphatic hydroxyl groups is 1. The van der Waals surface area contributed by atoms with Crippen molar-refractivity contribution in [2.75, 3.05) is 47.1 Å². The summed E-state index contributed by atoms with van der Waals surface area (Å²) in [7, 11) is 3.13. The van der Waals surface area contributed by atoms with Crippen LogP contribution in [0.3, 0.4) is 0 Å². The van der Waals surface area contributed by atoms with Crippen LogP contribution in [0.2, 0.25) is 0 Å². The van der Waals surface area contributed by atoms with Gasteiger partial charge >= 0.3 is 0 Å². The number of nitrogens with one attached hydrogen (secondary N) is 2. The lowest BCUT2D eigenvalue weighted by molar-refractivity contribution is -0.136. The summed E-state index contributed by atoms with van der Waals surface area (Å²) in [5.74, 6) is -0.0407. The van der Waals surface area contributed by atoms with Gasteiger partial charge in [0.2, 0.25) is 5.91 Å². The van der Waals surface area contributed by atoms with Gasteiger partial charge in [-0.3, -0.25) is 4.79 Å². The molecule has 1 aliphatic heterocycles. The van der Waals surface area contributed by atoms with Crippen LogP contribution in [0.15, 0.2) is 0 Å². The standard InChI is InChI=1S/C12H24N2O4/c1-17-8-10(15)7-14-11(16)12(9-18-2)3-5-13-6-4-12/h10,13,15H,3-9H2,1-2H3,(H,14,16). The Bertz CT molecular complexity index is 249. The van der Waals surface area contributed by atoms with Crippen molar-refractivity contribution in [3.63, 3.8) is 0 Å². The van der Waals surface area contributed by atoms with Gasteiger partial charge in [-0.25, -0.2) is 0 Å². The molecule has 1 heterocycles. The predicted octanol–water partition coefficient (Wildman–Crippen LogP) is -0.874. The number of aliphatic hydroxyl groups excluding tert-OH is 1. The molecule has 1 unspecified atom stereocenters. The second kappa shape index (κ2) is 7.68. The molecule has 0 saturated carbocycles. The molecule has 0 aromatic carbocycles. The maximum atomic E-state index is 12.2. The Labute approximate surface area is 108 Å². The van der Waals surface area contributed by atoms with Crippen LogP contribution in [0.5, 0.6) is 0 Å². The number of methoxy groups -OCH3 is 2. The first-order chi connectivity index (χ1) is 8.64. The SMILES string of the molecule is COCC(O)CNC(=O)C1(COC)CCNCC1. The maximum absolute atomic E-state index is 12.2. The highest BCUT2D eigenvalue weighted by molar-refractivity contribution is 5.83. The number of carbonyl (C=O) groups is 1. The Kier molecular flexibility index (Phi) is 6.56. The van der Waals surface area contributed by atoms with Gasteiger partial charge in [0.15, 0.2) is 0 Å². The fraction of sp³-hybridized carbons (Fsp3) is 0.917. The van der Waals surface area contributed by atoms with Crippen LogP contribution in [-0.4, -0.2) is 64.2 Å². The number of rotatable bonds is 7. The van der Waals surface area contributed by atoms with E-state index >= 15 is 0 Å². The molecule has 0 aromatic heterocycles. The Morgan fingerprint density at radius 2 is 2.06 bits per heavy atom. The largest absolute Gasteiger partial charge is 0.389 e. The van der Waals surface area contributed by atoms with E-state index in [1.165, 1.54) is 7.11 Å². The van der Waals surface area contributed by atoms with Crippen molar-refractivity contribution in [2.45, 2.75) is 18.9 Å². The molecule has 6 nitrogen and oxygen atoms in total. The number of carbonyl (C=O) groups excluding carboxylic acids is 1. The van der Waals surface area contributed by atoms with Gasteiger partial charge in [-0.15, -0.1) is 0 Å². The molecule has 1 saturated heterocycles. The molecule has 0 radical (unpaired) electrons. The topological polar surface area (TPSA) is 79.8 Å². The third-order valence-electron chi connectivity index (χ3n) is 3.32. The van der Waals surface area contributed by atoms with Crippen molar-refractivity contribution >= 4 is 5.91 Å². The third-order valence-corrected chi connectivity index (χ3v) is 3.32. The summed E-state index contributed by atoms with van der Waals surface area (Å²) >= 11 is 0. The molecular formula is C12H24N2O4. The molecule has 1 atom stereocenters. The van der Waals surface area contributed by atoms with Crippen LogP contribution in [0.1, 0.15) is 12.8 Å². The molecule has 0 aliphatic carbocycles. The van der Waals surface area contributed by atoms with Gasteiger partial charge in [0.25, 0.3) is 0 Å². The van der Waals surface area contributed by atoms with Crippen molar-refractivity contribution < 1.29 is 19.4 Å². The van der Waals surface area contributed by atoms with Crippen molar-refractivity contribution in [2.24, 2.45) is 5.41 Å². The minimum atomic E-state index is -0.666. The van der Waals surface area contributed by atoms with E-state index in [-0.39, 0.29) is 19.1 Å². The van der Waals surface area contributed by atoms with E-state index in [1.54, 1.807) is 7.11 Å². The van der Waals surface area contributed by atoms with E-state index in [0.29, 0.717) is 6.61 Å². The van der Waals surface area contributed by atoms with Crippen LogP contribution < -0.4 is 10.6 Å². The fourth-order valence-electron chi connectivity index (χ4n) is 2.27.